The van der Waals surface area contributed by atoms with Crippen LogP contribution in [0.3, 0.4) is 0 Å². The molecule has 1 aliphatic heterocycles. The molecule has 1 heterocycles. The van der Waals surface area contributed by atoms with Gasteiger partial charge in [0.25, 0.3) is 0 Å². The van der Waals surface area contributed by atoms with Gasteiger partial charge in [-0.25, -0.2) is 4.79 Å². The number of aliphatic hydroxyl groups is 1. The van der Waals surface area contributed by atoms with Crippen molar-refractivity contribution in [3.05, 3.63) is 0 Å². The van der Waals surface area contributed by atoms with Crippen molar-refractivity contribution in [2.24, 2.45) is 5.92 Å². The molecular weight excluding hydrogens is 274 g/mol. The molecule has 0 aromatic carbocycles. The lowest BCUT2D eigenvalue weighted by molar-refractivity contribution is -0.156. The summed E-state index contributed by atoms with van der Waals surface area (Å²) in [4.78, 5) is 25.2. The van der Waals surface area contributed by atoms with E-state index in [-0.39, 0.29) is 24.9 Å². The Morgan fingerprint density at radius 3 is 2.05 bits per heavy atom. The van der Waals surface area contributed by atoms with Gasteiger partial charge < -0.3 is 19.5 Å². The fraction of sp³-hybridized carbons (Fsp3) is 0.867. The van der Waals surface area contributed by atoms with Crippen molar-refractivity contribution in [3.8, 4) is 0 Å². The molecule has 2 atom stereocenters. The molecule has 0 aliphatic carbocycles. The van der Waals surface area contributed by atoms with Crippen LogP contribution in [-0.4, -0.2) is 52.5 Å². The first-order chi connectivity index (χ1) is 9.37. The molecule has 6 nitrogen and oxygen atoms in total. The Bertz CT molecular complexity index is 394. The van der Waals surface area contributed by atoms with Crippen LogP contribution in [0.5, 0.6) is 0 Å². The van der Waals surface area contributed by atoms with Crippen molar-refractivity contribution in [2.45, 2.75) is 65.3 Å². The van der Waals surface area contributed by atoms with E-state index in [4.69, 9.17) is 9.47 Å². The van der Waals surface area contributed by atoms with Crippen LogP contribution in [0.15, 0.2) is 0 Å². The molecule has 1 aliphatic rings. The van der Waals surface area contributed by atoms with E-state index in [0.29, 0.717) is 6.54 Å². The highest BCUT2D eigenvalue weighted by molar-refractivity contribution is 5.71. The Balaban J connectivity index is 2.53. The third-order valence-electron chi connectivity index (χ3n) is 2.91. The van der Waals surface area contributed by atoms with Crippen molar-refractivity contribution >= 4 is 12.1 Å². The zero-order valence-electron chi connectivity index (χ0n) is 13.8. The first kappa shape index (κ1) is 17.8. The van der Waals surface area contributed by atoms with Crippen LogP contribution < -0.4 is 0 Å². The normalized spacial score (nSPS) is 23.1. The predicted molar refractivity (Wildman–Crippen MR) is 77.8 cm³/mol. The van der Waals surface area contributed by atoms with Gasteiger partial charge in [0.1, 0.15) is 11.2 Å². The number of hydrogen-bond acceptors (Lipinski definition) is 5. The fourth-order valence-electron chi connectivity index (χ4n) is 2.13. The first-order valence-electron chi connectivity index (χ1n) is 7.25. The van der Waals surface area contributed by atoms with Crippen molar-refractivity contribution < 1.29 is 24.2 Å². The van der Waals surface area contributed by atoms with Crippen molar-refractivity contribution in [1.29, 1.82) is 0 Å². The Hall–Kier alpha value is -1.30. The highest BCUT2D eigenvalue weighted by Gasteiger charge is 2.37. The molecule has 0 aromatic heterocycles. The van der Waals surface area contributed by atoms with Crippen LogP contribution in [-0.2, 0) is 14.3 Å². The quantitative estimate of drug-likeness (QED) is 0.789. The van der Waals surface area contributed by atoms with Gasteiger partial charge in [0, 0.05) is 12.5 Å². The minimum Gasteiger partial charge on any atom is -0.460 e. The molecule has 0 radical (unpaired) electrons. The number of ether oxygens (including phenoxy) is 2. The van der Waals surface area contributed by atoms with Crippen LogP contribution in [0.25, 0.3) is 0 Å². The smallest absolute Gasteiger partial charge is 0.410 e. The molecule has 1 N–H and O–H groups in total. The first-order valence-corrected chi connectivity index (χ1v) is 7.25. The summed E-state index contributed by atoms with van der Waals surface area (Å²) in [5.74, 6) is -0.676. The number of esters is 1. The summed E-state index contributed by atoms with van der Waals surface area (Å²) in [7, 11) is 0. The van der Waals surface area contributed by atoms with Crippen LogP contribution in [0.2, 0.25) is 0 Å². The van der Waals surface area contributed by atoms with Gasteiger partial charge in [0.05, 0.1) is 19.1 Å². The van der Waals surface area contributed by atoms with E-state index in [1.807, 2.05) is 0 Å². The van der Waals surface area contributed by atoms with Gasteiger partial charge in [-0.15, -0.1) is 0 Å². The Morgan fingerprint density at radius 1 is 1.05 bits per heavy atom. The second-order valence-corrected chi connectivity index (χ2v) is 7.50. The van der Waals surface area contributed by atoms with Crippen molar-refractivity contribution in [2.75, 3.05) is 13.1 Å². The van der Waals surface area contributed by atoms with Gasteiger partial charge in [-0.3, -0.25) is 4.79 Å². The van der Waals surface area contributed by atoms with Crippen molar-refractivity contribution in [3.63, 3.8) is 0 Å². The molecule has 6 heteroatoms. The Labute approximate surface area is 126 Å². The van der Waals surface area contributed by atoms with Gasteiger partial charge in [-0.2, -0.15) is 0 Å². The molecule has 0 unspecified atom stereocenters. The van der Waals surface area contributed by atoms with Crippen LogP contribution in [0.1, 0.15) is 48.0 Å². The van der Waals surface area contributed by atoms with E-state index in [0.717, 1.165) is 0 Å². The molecule has 0 spiro atoms. The molecule has 0 saturated carbocycles. The second kappa shape index (κ2) is 6.22. The van der Waals surface area contributed by atoms with Gasteiger partial charge >= 0.3 is 12.1 Å². The molecule has 122 valence electrons. The summed E-state index contributed by atoms with van der Waals surface area (Å²) in [6.45, 7) is 11.2. The number of rotatable bonds is 2. The summed E-state index contributed by atoms with van der Waals surface area (Å²) < 4.78 is 10.5. The Kier molecular flexibility index (Phi) is 5.25. The van der Waals surface area contributed by atoms with E-state index < -0.39 is 23.4 Å². The lowest BCUT2D eigenvalue weighted by Crippen LogP contribution is -2.36. The number of nitrogens with zero attached hydrogens (tertiary/aromatic N) is 1. The third-order valence-corrected chi connectivity index (χ3v) is 2.91. The van der Waals surface area contributed by atoms with E-state index >= 15 is 0 Å². The summed E-state index contributed by atoms with van der Waals surface area (Å²) in [5, 5.41) is 10.00. The number of amides is 1. The van der Waals surface area contributed by atoms with E-state index in [1.54, 1.807) is 41.5 Å². The zero-order chi connectivity index (χ0) is 16.4. The average Bonchev–Trinajstić information content (AvgIpc) is 2.54. The second-order valence-electron chi connectivity index (χ2n) is 7.50. The van der Waals surface area contributed by atoms with Gasteiger partial charge in [-0.1, -0.05) is 0 Å². The number of hydrogen-bond donors (Lipinski definition) is 1. The monoisotopic (exact) mass is 301 g/mol. The van der Waals surface area contributed by atoms with Gasteiger partial charge in [0.15, 0.2) is 0 Å². The largest absolute Gasteiger partial charge is 0.460 e. The summed E-state index contributed by atoms with van der Waals surface area (Å²) in [6.07, 6.45) is -1.10. The number of carbonyl (C=O) groups excluding carboxylic acids is 2. The van der Waals surface area contributed by atoms with Crippen LogP contribution in [0, 0.1) is 5.92 Å². The maximum atomic E-state index is 11.9. The zero-order valence-corrected chi connectivity index (χ0v) is 13.8. The molecule has 1 rings (SSSR count). The van der Waals surface area contributed by atoms with Gasteiger partial charge in [0.2, 0.25) is 0 Å². The molecular formula is C15H27NO5. The number of aliphatic hydroxyl groups excluding tert-OH is 1. The minimum atomic E-state index is -0.731. The number of β-amino-alcohol motifs (C(OH)–C–C–N with tert-alkyl or cyclic N) is 1. The predicted octanol–water partition coefficient (Wildman–Crippen LogP) is 1.95. The Morgan fingerprint density at radius 2 is 1.57 bits per heavy atom. The standard InChI is InChI=1S/C15H27NO5/c1-14(2,3)20-12(18)7-10-8-16(9-11(10)17)13(19)21-15(4,5)6/h10-11,17H,7-9H2,1-6H3/t10-,11+/m1/s1. The highest BCUT2D eigenvalue weighted by atomic mass is 16.6. The summed E-state index contributed by atoms with van der Waals surface area (Å²) in [6, 6.07) is 0. The molecule has 0 aromatic rings. The van der Waals surface area contributed by atoms with E-state index in [2.05, 4.69) is 0 Å². The average molecular weight is 301 g/mol. The third kappa shape index (κ3) is 6.33. The maximum Gasteiger partial charge on any atom is 0.410 e. The molecule has 1 amide bonds. The minimum absolute atomic E-state index is 0.0950. The lowest BCUT2D eigenvalue weighted by Gasteiger charge is -2.24. The summed E-state index contributed by atoms with van der Waals surface area (Å²) in [5.41, 5.74) is -1.13. The fourth-order valence-corrected chi connectivity index (χ4v) is 2.13. The van der Waals surface area contributed by atoms with Crippen LogP contribution in [0.4, 0.5) is 4.79 Å². The van der Waals surface area contributed by atoms with Crippen molar-refractivity contribution in [1.82, 2.24) is 4.90 Å². The SMILES string of the molecule is CC(C)(C)OC(=O)C[C@@H]1CN(C(=O)OC(C)(C)C)C[C@@H]1O. The molecule has 0 bridgehead atoms. The molecule has 21 heavy (non-hydrogen) atoms. The van der Waals surface area contributed by atoms with E-state index in [9.17, 15) is 14.7 Å². The van der Waals surface area contributed by atoms with Crippen LogP contribution >= 0.6 is 0 Å². The molecule has 1 fully saturated rings. The highest BCUT2D eigenvalue weighted by Crippen LogP contribution is 2.24. The number of carbonyl (C=O) groups is 2. The number of likely N-dealkylation sites (tertiary alicyclic amines) is 1. The maximum absolute atomic E-state index is 11.9. The molecule has 1 saturated heterocycles. The summed E-state index contributed by atoms with van der Waals surface area (Å²) >= 11 is 0. The lowest BCUT2D eigenvalue weighted by atomic mass is 10.0. The van der Waals surface area contributed by atoms with E-state index in [1.165, 1.54) is 4.90 Å². The topological polar surface area (TPSA) is 76.1 Å². The van der Waals surface area contributed by atoms with Gasteiger partial charge in [-0.05, 0) is 41.5 Å².